The molecule has 0 aliphatic rings. The number of nitrogens with one attached hydrogen (secondary N) is 1. The van der Waals surface area contributed by atoms with Crippen LogP contribution in [0.3, 0.4) is 0 Å². The average molecular weight is 311 g/mol. The molecule has 1 atom stereocenters. The van der Waals surface area contributed by atoms with Gasteiger partial charge in [-0.2, -0.15) is 5.10 Å². The molecule has 6 heteroatoms. The summed E-state index contributed by atoms with van der Waals surface area (Å²) in [6, 6.07) is 9.74. The minimum Gasteiger partial charge on any atom is -0.459 e. The second-order valence-electron chi connectivity index (χ2n) is 4.99. The van der Waals surface area contributed by atoms with Gasteiger partial charge in [-0.25, -0.2) is 4.39 Å². The highest BCUT2D eigenvalue weighted by Gasteiger charge is 2.18. The number of ether oxygens (including phenoxy) is 1. The predicted octanol–water partition coefficient (Wildman–Crippen LogP) is 3.07. The molecule has 0 aliphatic carbocycles. The molecule has 23 heavy (non-hydrogen) atoms. The van der Waals surface area contributed by atoms with Gasteiger partial charge >= 0.3 is 0 Å². The van der Waals surface area contributed by atoms with Crippen molar-refractivity contribution in [1.82, 2.24) is 15.2 Å². The highest BCUT2D eigenvalue weighted by atomic mass is 19.1. The van der Waals surface area contributed by atoms with Crippen LogP contribution in [0.15, 0.2) is 55.0 Å². The molecule has 5 nitrogen and oxygen atoms in total. The lowest BCUT2D eigenvalue weighted by Crippen LogP contribution is -2.07. The van der Waals surface area contributed by atoms with Crippen molar-refractivity contribution < 1.29 is 13.9 Å². The third kappa shape index (κ3) is 3.42. The van der Waals surface area contributed by atoms with Gasteiger partial charge in [0.25, 0.3) is 6.47 Å². The van der Waals surface area contributed by atoms with Crippen molar-refractivity contribution in [1.29, 1.82) is 0 Å². The maximum absolute atomic E-state index is 13.4. The Morgan fingerprint density at radius 1 is 1.26 bits per heavy atom. The second-order valence-corrected chi connectivity index (χ2v) is 4.99. The third-order valence-electron chi connectivity index (χ3n) is 3.53. The van der Waals surface area contributed by atoms with Crippen LogP contribution in [0, 0.1) is 5.82 Å². The number of hydrogen-bond donors (Lipinski definition) is 1. The number of hydrogen-bond acceptors (Lipinski definition) is 4. The maximum atomic E-state index is 13.4. The summed E-state index contributed by atoms with van der Waals surface area (Å²) < 4.78 is 18.6. The van der Waals surface area contributed by atoms with Crippen LogP contribution in [-0.2, 0) is 16.0 Å². The quantitative estimate of drug-likeness (QED) is 0.710. The highest BCUT2D eigenvalue weighted by molar-refractivity contribution is 5.62. The zero-order valence-electron chi connectivity index (χ0n) is 12.1. The van der Waals surface area contributed by atoms with Crippen LogP contribution in [0.2, 0.25) is 0 Å². The van der Waals surface area contributed by atoms with Crippen LogP contribution in [0.25, 0.3) is 11.3 Å². The van der Waals surface area contributed by atoms with Crippen molar-refractivity contribution in [3.8, 4) is 11.3 Å². The van der Waals surface area contributed by atoms with E-state index in [2.05, 4.69) is 15.2 Å². The lowest BCUT2D eigenvalue weighted by molar-refractivity contribution is -0.133. The number of carbonyl (C=O) groups is 1. The first-order valence-corrected chi connectivity index (χ1v) is 7.05. The van der Waals surface area contributed by atoms with Crippen LogP contribution in [0.5, 0.6) is 0 Å². The molecule has 1 N–H and O–H groups in total. The van der Waals surface area contributed by atoms with Gasteiger partial charge in [0.05, 0.1) is 11.9 Å². The summed E-state index contributed by atoms with van der Waals surface area (Å²) in [6.07, 6.45) is 4.85. The molecule has 0 amide bonds. The summed E-state index contributed by atoms with van der Waals surface area (Å²) >= 11 is 0. The number of aromatic amines is 1. The van der Waals surface area contributed by atoms with E-state index in [0.717, 1.165) is 16.8 Å². The number of carbonyl (C=O) groups excluding carboxylic acids is 1. The summed E-state index contributed by atoms with van der Waals surface area (Å²) in [4.78, 5) is 14.8. The normalized spacial score (nSPS) is 11.9. The van der Waals surface area contributed by atoms with E-state index in [1.807, 2.05) is 12.1 Å². The SMILES string of the molecule is O=COC(Cc1cn[nH]c1-c1ccncc1)c1cccc(F)c1. The van der Waals surface area contributed by atoms with Gasteiger partial charge in [0.2, 0.25) is 0 Å². The summed E-state index contributed by atoms with van der Waals surface area (Å²) in [5.74, 6) is -0.372. The zero-order valence-corrected chi connectivity index (χ0v) is 12.1. The number of halogens is 1. The fourth-order valence-electron chi connectivity index (χ4n) is 2.45. The minimum atomic E-state index is -0.582. The van der Waals surface area contributed by atoms with E-state index in [1.165, 1.54) is 12.1 Å². The molecule has 0 saturated heterocycles. The van der Waals surface area contributed by atoms with Gasteiger partial charge in [-0.05, 0) is 29.8 Å². The molecule has 0 spiro atoms. The number of rotatable bonds is 6. The highest BCUT2D eigenvalue weighted by Crippen LogP contribution is 2.27. The van der Waals surface area contributed by atoms with Crippen LogP contribution in [0.1, 0.15) is 17.2 Å². The largest absolute Gasteiger partial charge is 0.459 e. The standard InChI is InChI=1S/C17H14FN3O2/c18-15-3-1-2-13(8-15)16(23-11-22)9-14-10-20-21-17(14)12-4-6-19-7-5-12/h1-8,10-11,16H,9H2,(H,20,21). The zero-order chi connectivity index (χ0) is 16.1. The van der Waals surface area contributed by atoms with Gasteiger partial charge in [0.1, 0.15) is 11.9 Å². The molecule has 3 aromatic rings. The first kappa shape index (κ1) is 14.9. The third-order valence-corrected chi connectivity index (χ3v) is 3.53. The second kappa shape index (κ2) is 6.83. The van der Waals surface area contributed by atoms with E-state index in [9.17, 15) is 9.18 Å². The van der Waals surface area contributed by atoms with E-state index in [0.29, 0.717) is 18.5 Å². The number of aromatic nitrogens is 3. The Morgan fingerprint density at radius 3 is 2.83 bits per heavy atom. The lowest BCUT2D eigenvalue weighted by atomic mass is 9.99. The van der Waals surface area contributed by atoms with Crippen molar-refractivity contribution in [2.45, 2.75) is 12.5 Å². The Balaban J connectivity index is 1.90. The number of benzene rings is 1. The molecule has 0 saturated carbocycles. The molecule has 0 fully saturated rings. The van der Waals surface area contributed by atoms with Gasteiger partial charge in [-0.3, -0.25) is 14.9 Å². The Morgan fingerprint density at radius 2 is 2.09 bits per heavy atom. The molecule has 2 heterocycles. The summed E-state index contributed by atoms with van der Waals surface area (Å²) in [6.45, 7) is 0.377. The van der Waals surface area contributed by atoms with Crippen molar-refractivity contribution >= 4 is 6.47 Å². The van der Waals surface area contributed by atoms with Crippen molar-refractivity contribution in [2.24, 2.45) is 0 Å². The van der Waals surface area contributed by atoms with Gasteiger partial charge in [0, 0.05) is 29.9 Å². The van der Waals surface area contributed by atoms with E-state index in [-0.39, 0.29) is 5.82 Å². The molecule has 116 valence electrons. The van der Waals surface area contributed by atoms with Crippen molar-refractivity contribution in [3.63, 3.8) is 0 Å². The van der Waals surface area contributed by atoms with E-state index in [1.54, 1.807) is 30.7 Å². The smallest absolute Gasteiger partial charge is 0.293 e. The van der Waals surface area contributed by atoms with Crippen molar-refractivity contribution in [3.05, 3.63) is 71.9 Å². The maximum Gasteiger partial charge on any atom is 0.293 e. The van der Waals surface area contributed by atoms with Gasteiger partial charge in [0.15, 0.2) is 0 Å². The van der Waals surface area contributed by atoms with Crippen LogP contribution < -0.4 is 0 Å². The van der Waals surface area contributed by atoms with Crippen LogP contribution >= 0.6 is 0 Å². The molecule has 1 unspecified atom stereocenters. The molecule has 0 bridgehead atoms. The Bertz CT molecular complexity index is 789. The van der Waals surface area contributed by atoms with E-state index >= 15 is 0 Å². The van der Waals surface area contributed by atoms with Gasteiger partial charge in [-0.15, -0.1) is 0 Å². The minimum absolute atomic E-state index is 0.372. The number of nitrogens with zero attached hydrogens (tertiary/aromatic N) is 2. The monoisotopic (exact) mass is 311 g/mol. The summed E-state index contributed by atoms with van der Waals surface area (Å²) in [5, 5.41) is 7.00. The van der Waals surface area contributed by atoms with Crippen LogP contribution in [0.4, 0.5) is 4.39 Å². The van der Waals surface area contributed by atoms with Crippen LogP contribution in [-0.4, -0.2) is 21.7 Å². The Hall–Kier alpha value is -3.02. The molecular formula is C17H14FN3O2. The fraction of sp³-hybridized carbons (Fsp3) is 0.118. The van der Waals surface area contributed by atoms with Gasteiger partial charge in [-0.1, -0.05) is 12.1 Å². The Labute approximate surface area is 132 Å². The molecule has 3 rings (SSSR count). The first-order chi connectivity index (χ1) is 11.3. The molecule has 1 aromatic carbocycles. The molecule has 0 radical (unpaired) electrons. The van der Waals surface area contributed by atoms with E-state index in [4.69, 9.17) is 4.74 Å². The number of pyridine rings is 1. The fourth-order valence-corrected chi connectivity index (χ4v) is 2.45. The van der Waals surface area contributed by atoms with Gasteiger partial charge < -0.3 is 4.74 Å². The molecule has 0 aliphatic heterocycles. The topological polar surface area (TPSA) is 67.9 Å². The predicted molar refractivity (Wildman–Crippen MR) is 81.8 cm³/mol. The summed E-state index contributed by atoms with van der Waals surface area (Å²) in [7, 11) is 0. The molecular weight excluding hydrogens is 297 g/mol. The average Bonchev–Trinajstić information content (AvgIpc) is 3.03. The first-order valence-electron chi connectivity index (χ1n) is 7.05. The lowest BCUT2D eigenvalue weighted by Gasteiger charge is -2.15. The van der Waals surface area contributed by atoms with Crippen molar-refractivity contribution in [2.75, 3.05) is 0 Å². The summed E-state index contributed by atoms with van der Waals surface area (Å²) in [5.41, 5.74) is 3.21. The Kier molecular flexibility index (Phi) is 4.42. The number of H-pyrrole nitrogens is 1. The van der Waals surface area contributed by atoms with E-state index < -0.39 is 6.10 Å². The molecule has 2 aromatic heterocycles.